The van der Waals surface area contributed by atoms with Gasteiger partial charge in [-0.05, 0) is 125 Å². The van der Waals surface area contributed by atoms with E-state index in [2.05, 4.69) is 57.9 Å². The van der Waals surface area contributed by atoms with Crippen molar-refractivity contribution in [2.24, 2.45) is 40.4 Å². The molecule has 5 rings (SSSR count). The van der Waals surface area contributed by atoms with E-state index in [0.29, 0.717) is 16.7 Å². The first-order valence-corrected chi connectivity index (χ1v) is 15.6. The fourth-order valence-electron chi connectivity index (χ4n) is 9.31. The molecule has 0 bridgehead atoms. The third kappa shape index (κ3) is 5.88. The summed E-state index contributed by atoms with van der Waals surface area (Å²) in [5, 5.41) is 15.4. The highest BCUT2D eigenvalue weighted by atomic mass is 15.0. The first kappa shape index (κ1) is 28.1. The fourth-order valence-corrected chi connectivity index (χ4v) is 9.31. The zero-order valence-electron chi connectivity index (χ0n) is 24.3. The van der Waals surface area contributed by atoms with E-state index in [0.717, 1.165) is 41.5 Å². The quantitative estimate of drug-likeness (QED) is 0.296. The molecule has 0 aromatic carbocycles. The minimum atomic E-state index is 0. The molecule has 4 saturated carbocycles. The molecule has 0 aromatic heterocycles. The van der Waals surface area contributed by atoms with Gasteiger partial charge in [0.15, 0.2) is 0 Å². The van der Waals surface area contributed by atoms with Crippen molar-refractivity contribution >= 4 is 5.71 Å². The van der Waals surface area contributed by atoms with Crippen molar-refractivity contribution in [2.45, 2.75) is 124 Å². The summed E-state index contributed by atoms with van der Waals surface area (Å²) in [6.45, 7) is 18.2. The molecule has 36 heavy (non-hydrogen) atoms. The predicted molar refractivity (Wildman–Crippen MR) is 158 cm³/mol. The average Bonchev–Trinajstić information content (AvgIpc) is 3.45. The van der Waals surface area contributed by atoms with E-state index in [1.165, 1.54) is 90.1 Å². The van der Waals surface area contributed by atoms with Crippen LogP contribution in [0, 0.1) is 45.8 Å². The van der Waals surface area contributed by atoms with Crippen molar-refractivity contribution in [3.8, 4) is 0 Å². The van der Waals surface area contributed by atoms with Crippen LogP contribution in [-0.2, 0) is 0 Å². The first-order valence-electron chi connectivity index (χ1n) is 15.6. The van der Waals surface area contributed by atoms with E-state index in [4.69, 9.17) is 5.41 Å². The van der Waals surface area contributed by atoms with E-state index in [1.807, 2.05) is 6.08 Å². The zero-order chi connectivity index (χ0) is 25.9. The second-order valence-electron chi connectivity index (χ2n) is 13.8. The van der Waals surface area contributed by atoms with Crippen molar-refractivity contribution in [3.05, 3.63) is 24.3 Å². The van der Waals surface area contributed by atoms with E-state index in [1.54, 1.807) is 5.57 Å². The number of hydrogen-bond acceptors (Lipinski definition) is 3. The molecule has 5 aliphatic rings. The van der Waals surface area contributed by atoms with Crippen LogP contribution in [0.2, 0.25) is 0 Å². The standard InChI is InChI=1S/C23H37N.C10H20N2.H2/c1-6-8-17-9-10-18-20-12-11-19(16(3)24)23(20,5)15-13-21(18)22(17,4)14-7-2;1-8-6-10(12-7-8)4-5-11-9-2-3-9;/h6,8,18-21,24H,1,7,9-15H2,2-5H3;8-12H,2-7H2,1H3;1H/b17-8-,24-16?;;. The number of allylic oxidation sites excluding steroid dienone is 3. The summed E-state index contributed by atoms with van der Waals surface area (Å²) >= 11 is 0. The highest BCUT2D eigenvalue weighted by Gasteiger charge is 2.58. The molecule has 206 valence electrons. The minimum absolute atomic E-state index is 0. The Morgan fingerprint density at radius 3 is 2.56 bits per heavy atom. The molecule has 1 saturated heterocycles. The molecule has 0 radical (unpaired) electrons. The van der Waals surface area contributed by atoms with Crippen molar-refractivity contribution in [3.63, 3.8) is 0 Å². The molecule has 1 aliphatic heterocycles. The van der Waals surface area contributed by atoms with Gasteiger partial charge in [0.05, 0.1) is 0 Å². The average molecular weight is 498 g/mol. The van der Waals surface area contributed by atoms with Crippen molar-refractivity contribution < 1.29 is 1.43 Å². The Labute approximate surface area is 224 Å². The van der Waals surface area contributed by atoms with Crippen LogP contribution in [0.1, 0.15) is 113 Å². The second-order valence-corrected chi connectivity index (χ2v) is 13.8. The monoisotopic (exact) mass is 497 g/mol. The lowest BCUT2D eigenvalue weighted by molar-refractivity contribution is -0.0408. The molecule has 8 unspecified atom stereocenters. The summed E-state index contributed by atoms with van der Waals surface area (Å²) in [4.78, 5) is 0. The van der Waals surface area contributed by atoms with Gasteiger partial charge < -0.3 is 16.0 Å². The lowest BCUT2D eigenvalue weighted by atomic mass is 9.47. The van der Waals surface area contributed by atoms with Gasteiger partial charge in [-0.3, -0.25) is 0 Å². The molecular formula is C33H59N3. The van der Waals surface area contributed by atoms with Gasteiger partial charge in [-0.15, -0.1) is 0 Å². The van der Waals surface area contributed by atoms with Crippen molar-refractivity contribution in [1.29, 1.82) is 5.41 Å². The Balaban J connectivity index is 0.000000246. The van der Waals surface area contributed by atoms with Gasteiger partial charge in [-0.1, -0.05) is 58.4 Å². The number of fused-ring (bicyclic) bond motifs is 3. The van der Waals surface area contributed by atoms with Crippen LogP contribution in [0.15, 0.2) is 24.3 Å². The molecule has 5 fully saturated rings. The fraction of sp³-hybridized carbons (Fsp3) is 0.848. The van der Waals surface area contributed by atoms with Crippen LogP contribution in [-0.4, -0.2) is 30.9 Å². The molecule has 3 heteroatoms. The highest BCUT2D eigenvalue weighted by molar-refractivity contribution is 5.82. The molecule has 0 aromatic rings. The summed E-state index contributed by atoms with van der Waals surface area (Å²) in [5.41, 5.74) is 3.39. The second kappa shape index (κ2) is 11.9. The highest BCUT2D eigenvalue weighted by Crippen LogP contribution is 2.66. The van der Waals surface area contributed by atoms with Gasteiger partial charge >= 0.3 is 0 Å². The SMILES string of the molecule is C=C/C=C1/CCC2C(CCC3(C)C(C(C)=N)CCC23)C1(C)CCC.CC1CNC(CCNC2CC2)C1.[HH]. The van der Waals surface area contributed by atoms with Gasteiger partial charge in [-0.2, -0.15) is 0 Å². The maximum absolute atomic E-state index is 8.28. The normalized spacial score (nSPS) is 42.9. The predicted octanol–water partition coefficient (Wildman–Crippen LogP) is 8.17. The lowest BCUT2D eigenvalue weighted by Gasteiger charge is -2.57. The summed E-state index contributed by atoms with van der Waals surface area (Å²) in [6, 6.07) is 1.68. The third-order valence-corrected chi connectivity index (χ3v) is 11.3. The van der Waals surface area contributed by atoms with Gasteiger partial charge in [0.2, 0.25) is 0 Å². The molecule has 1 heterocycles. The Morgan fingerprint density at radius 1 is 1.17 bits per heavy atom. The molecular weight excluding hydrogens is 438 g/mol. The molecule has 0 spiro atoms. The molecule has 8 atom stereocenters. The summed E-state index contributed by atoms with van der Waals surface area (Å²) in [6.07, 6.45) is 20.4. The summed E-state index contributed by atoms with van der Waals surface area (Å²) in [7, 11) is 0. The van der Waals surface area contributed by atoms with Crippen LogP contribution in [0.4, 0.5) is 0 Å². The number of nitrogens with one attached hydrogen (secondary N) is 3. The zero-order valence-corrected chi connectivity index (χ0v) is 24.3. The number of hydrogen-bond donors (Lipinski definition) is 3. The maximum atomic E-state index is 8.28. The Kier molecular flexibility index (Phi) is 9.25. The van der Waals surface area contributed by atoms with Gasteiger partial charge in [-0.25, -0.2) is 0 Å². The van der Waals surface area contributed by atoms with Gasteiger partial charge in [0, 0.05) is 25.1 Å². The minimum Gasteiger partial charge on any atom is -0.314 e. The Bertz CT molecular complexity index is 803. The Morgan fingerprint density at radius 2 is 1.94 bits per heavy atom. The van der Waals surface area contributed by atoms with Crippen LogP contribution >= 0.6 is 0 Å². The van der Waals surface area contributed by atoms with E-state index in [-0.39, 0.29) is 1.43 Å². The topological polar surface area (TPSA) is 47.9 Å². The summed E-state index contributed by atoms with van der Waals surface area (Å²) < 4.78 is 0. The van der Waals surface area contributed by atoms with Crippen molar-refractivity contribution in [2.75, 3.05) is 13.1 Å². The largest absolute Gasteiger partial charge is 0.314 e. The van der Waals surface area contributed by atoms with Gasteiger partial charge in [0.25, 0.3) is 0 Å². The van der Waals surface area contributed by atoms with E-state index < -0.39 is 0 Å². The first-order chi connectivity index (χ1) is 17.2. The number of rotatable bonds is 8. The molecule has 3 N–H and O–H groups in total. The van der Waals surface area contributed by atoms with Crippen molar-refractivity contribution in [1.82, 2.24) is 10.6 Å². The molecule has 0 amide bonds. The third-order valence-electron chi connectivity index (χ3n) is 11.3. The molecule has 4 aliphatic carbocycles. The van der Waals surface area contributed by atoms with Crippen LogP contribution in [0.5, 0.6) is 0 Å². The van der Waals surface area contributed by atoms with E-state index >= 15 is 0 Å². The van der Waals surface area contributed by atoms with Crippen LogP contribution in [0.3, 0.4) is 0 Å². The lowest BCUT2D eigenvalue weighted by Crippen LogP contribution is -2.50. The smallest absolute Gasteiger partial charge is 0.00946 e. The van der Waals surface area contributed by atoms with Gasteiger partial charge in [0.1, 0.15) is 0 Å². The van der Waals surface area contributed by atoms with Crippen LogP contribution in [0.25, 0.3) is 0 Å². The van der Waals surface area contributed by atoms with E-state index in [9.17, 15) is 0 Å². The maximum Gasteiger partial charge on any atom is 0.00946 e. The Hall–Kier alpha value is -0.930. The summed E-state index contributed by atoms with van der Waals surface area (Å²) in [5.74, 6) is 4.02. The molecule has 3 nitrogen and oxygen atoms in total. The van der Waals surface area contributed by atoms with Crippen LogP contribution < -0.4 is 10.6 Å².